The molecule has 2 aromatic carbocycles. The fraction of sp³-hybridized carbons (Fsp3) is 0.304. The van der Waals surface area contributed by atoms with E-state index in [1.54, 1.807) is 49.4 Å². The van der Waals surface area contributed by atoms with Gasteiger partial charge < -0.3 is 14.8 Å². The summed E-state index contributed by atoms with van der Waals surface area (Å²) in [6, 6.07) is 13.3. The second kappa shape index (κ2) is 9.47. The summed E-state index contributed by atoms with van der Waals surface area (Å²) in [6.07, 6.45) is 4.08. The third-order valence-corrected chi connectivity index (χ3v) is 5.04. The van der Waals surface area contributed by atoms with Crippen LogP contribution in [0, 0.1) is 5.82 Å². The highest BCUT2D eigenvalue weighted by atomic mass is 19.1. The highest BCUT2D eigenvalue weighted by Crippen LogP contribution is 2.36. The Morgan fingerprint density at radius 3 is 2.38 bits per heavy atom. The predicted octanol–water partition coefficient (Wildman–Crippen LogP) is 4.09. The van der Waals surface area contributed by atoms with Crippen LogP contribution in [0.25, 0.3) is 6.08 Å². The molecule has 29 heavy (non-hydrogen) atoms. The number of hydrogen-bond acceptors (Lipinski definition) is 4. The summed E-state index contributed by atoms with van der Waals surface area (Å²) in [5.41, 5.74) is 1.49. The minimum atomic E-state index is -0.756. The third kappa shape index (κ3) is 5.09. The first-order valence-electron chi connectivity index (χ1n) is 9.64. The number of carbonyl (C=O) groups is 2. The number of ether oxygens (including phenoxy) is 2. The van der Waals surface area contributed by atoms with Crippen LogP contribution in [0.2, 0.25) is 0 Å². The molecule has 2 aromatic rings. The van der Waals surface area contributed by atoms with Crippen molar-refractivity contribution in [2.75, 3.05) is 25.1 Å². The van der Waals surface area contributed by atoms with Crippen LogP contribution < -0.4 is 5.32 Å². The van der Waals surface area contributed by atoms with E-state index in [2.05, 4.69) is 5.32 Å². The van der Waals surface area contributed by atoms with Gasteiger partial charge in [0.2, 0.25) is 5.91 Å². The maximum atomic E-state index is 13.4. The number of esters is 1. The van der Waals surface area contributed by atoms with Gasteiger partial charge >= 0.3 is 5.97 Å². The Morgan fingerprint density at radius 1 is 1.10 bits per heavy atom. The molecule has 1 amide bonds. The average molecular weight is 397 g/mol. The summed E-state index contributed by atoms with van der Waals surface area (Å²) in [6.45, 7) is 3.03. The molecule has 0 spiro atoms. The Bertz CT molecular complexity index is 869. The van der Waals surface area contributed by atoms with E-state index in [4.69, 9.17) is 9.47 Å². The molecule has 1 aliphatic heterocycles. The van der Waals surface area contributed by atoms with Gasteiger partial charge in [0.15, 0.2) is 0 Å². The molecule has 1 N–H and O–H groups in total. The Hall–Kier alpha value is -2.99. The van der Waals surface area contributed by atoms with E-state index < -0.39 is 11.4 Å². The molecule has 1 saturated heterocycles. The lowest BCUT2D eigenvalue weighted by molar-refractivity contribution is -0.137. The Morgan fingerprint density at radius 2 is 1.76 bits per heavy atom. The van der Waals surface area contributed by atoms with E-state index in [9.17, 15) is 14.0 Å². The van der Waals surface area contributed by atoms with Gasteiger partial charge in [-0.2, -0.15) is 0 Å². The van der Waals surface area contributed by atoms with E-state index in [0.29, 0.717) is 38.3 Å². The molecule has 0 radical (unpaired) electrons. The van der Waals surface area contributed by atoms with Gasteiger partial charge in [0.1, 0.15) is 5.82 Å². The summed E-state index contributed by atoms with van der Waals surface area (Å²) >= 11 is 0. The molecule has 6 heteroatoms. The first kappa shape index (κ1) is 20.7. The van der Waals surface area contributed by atoms with Crippen LogP contribution in [0.3, 0.4) is 0 Å². The van der Waals surface area contributed by atoms with Crippen molar-refractivity contribution in [3.8, 4) is 0 Å². The maximum Gasteiger partial charge on any atom is 0.330 e. The van der Waals surface area contributed by atoms with E-state index in [-0.39, 0.29) is 11.7 Å². The number of halogens is 1. The average Bonchev–Trinajstić information content (AvgIpc) is 2.74. The highest BCUT2D eigenvalue weighted by molar-refractivity contribution is 5.99. The second-order valence-corrected chi connectivity index (χ2v) is 6.86. The van der Waals surface area contributed by atoms with Crippen LogP contribution in [-0.2, 0) is 24.5 Å². The van der Waals surface area contributed by atoms with Crippen molar-refractivity contribution in [2.45, 2.75) is 25.2 Å². The minimum absolute atomic E-state index is 0.137. The van der Waals surface area contributed by atoms with E-state index in [1.165, 1.54) is 18.2 Å². The number of anilines is 1. The zero-order valence-electron chi connectivity index (χ0n) is 16.3. The van der Waals surface area contributed by atoms with Crippen molar-refractivity contribution in [1.29, 1.82) is 0 Å². The fourth-order valence-electron chi connectivity index (χ4n) is 3.42. The molecule has 152 valence electrons. The summed E-state index contributed by atoms with van der Waals surface area (Å²) in [4.78, 5) is 24.6. The number of amides is 1. The van der Waals surface area contributed by atoms with Gasteiger partial charge in [-0.05, 0) is 61.2 Å². The van der Waals surface area contributed by atoms with Crippen LogP contribution in [0.15, 0.2) is 54.6 Å². The van der Waals surface area contributed by atoms with Crippen molar-refractivity contribution >= 4 is 23.6 Å². The lowest BCUT2D eigenvalue weighted by Gasteiger charge is -2.36. The largest absolute Gasteiger partial charge is 0.463 e. The van der Waals surface area contributed by atoms with Gasteiger partial charge in [-0.3, -0.25) is 4.79 Å². The molecule has 1 aliphatic rings. The molecule has 0 unspecified atom stereocenters. The molecule has 0 saturated carbocycles. The van der Waals surface area contributed by atoms with Crippen molar-refractivity contribution in [3.05, 3.63) is 71.6 Å². The fourth-order valence-corrected chi connectivity index (χ4v) is 3.42. The Labute approximate surface area is 169 Å². The second-order valence-electron chi connectivity index (χ2n) is 6.86. The third-order valence-electron chi connectivity index (χ3n) is 5.04. The number of carbonyl (C=O) groups excluding carboxylic acids is 2. The number of nitrogens with one attached hydrogen (secondary N) is 1. The molecule has 0 aromatic heterocycles. The van der Waals surface area contributed by atoms with Gasteiger partial charge in [-0.1, -0.05) is 24.3 Å². The first-order valence-corrected chi connectivity index (χ1v) is 9.64. The minimum Gasteiger partial charge on any atom is -0.463 e. The molecule has 5 nitrogen and oxygen atoms in total. The van der Waals surface area contributed by atoms with E-state index in [0.717, 1.165) is 11.1 Å². The molecule has 0 aliphatic carbocycles. The summed E-state index contributed by atoms with van der Waals surface area (Å²) in [5, 5.41) is 2.97. The quantitative estimate of drug-likeness (QED) is 0.589. The lowest BCUT2D eigenvalue weighted by Crippen LogP contribution is -2.44. The summed E-state index contributed by atoms with van der Waals surface area (Å²) < 4.78 is 23.7. The zero-order valence-corrected chi connectivity index (χ0v) is 16.3. The lowest BCUT2D eigenvalue weighted by atomic mass is 9.73. The van der Waals surface area contributed by atoms with Gasteiger partial charge in [-0.15, -0.1) is 0 Å². The van der Waals surface area contributed by atoms with Gasteiger partial charge in [-0.25, -0.2) is 9.18 Å². The SMILES string of the molecule is CCOC(=O)C=Cc1ccc(NC(=O)C2(c3ccc(F)cc3)CCOCC2)cc1. The van der Waals surface area contributed by atoms with Crippen molar-refractivity contribution in [1.82, 2.24) is 0 Å². The number of hydrogen-bond donors (Lipinski definition) is 1. The van der Waals surface area contributed by atoms with Crippen LogP contribution >= 0.6 is 0 Å². The van der Waals surface area contributed by atoms with Crippen LogP contribution in [0.4, 0.5) is 10.1 Å². The molecule has 1 heterocycles. The molecule has 1 fully saturated rings. The van der Waals surface area contributed by atoms with Gasteiger partial charge in [0.05, 0.1) is 12.0 Å². The van der Waals surface area contributed by atoms with Gasteiger partial charge in [0, 0.05) is 25.0 Å². The van der Waals surface area contributed by atoms with E-state index in [1.807, 2.05) is 0 Å². The van der Waals surface area contributed by atoms with Crippen LogP contribution in [0.1, 0.15) is 30.9 Å². The highest BCUT2D eigenvalue weighted by Gasteiger charge is 2.41. The van der Waals surface area contributed by atoms with Crippen LogP contribution in [-0.4, -0.2) is 31.7 Å². The first-order chi connectivity index (χ1) is 14.0. The molecular formula is C23H24FNO4. The Kier molecular flexibility index (Phi) is 6.77. The molecule has 0 bridgehead atoms. The smallest absolute Gasteiger partial charge is 0.330 e. The maximum absolute atomic E-state index is 13.4. The Balaban J connectivity index is 1.74. The predicted molar refractivity (Wildman–Crippen MR) is 109 cm³/mol. The summed E-state index contributed by atoms with van der Waals surface area (Å²) in [5.74, 6) is -0.865. The normalized spacial score (nSPS) is 15.8. The van der Waals surface area contributed by atoms with Crippen molar-refractivity contribution in [2.24, 2.45) is 0 Å². The molecular weight excluding hydrogens is 373 g/mol. The number of rotatable bonds is 6. The van der Waals surface area contributed by atoms with Gasteiger partial charge in [0.25, 0.3) is 0 Å². The standard InChI is InChI=1S/C23H24FNO4/c1-2-29-21(26)12-5-17-3-10-20(11-4-17)25-22(27)23(13-15-28-16-14-23)18-6-8-19(24)9-7-18/h3-12H,2,13-16H2,1H3,(H,25,27). The summed E-state index contributed by atoms with van der Waals surface area (Å²) in [7, 11) is 0. The number of benzene rings is 2. The van der Waals surface area contributed by atoms with E-state index >= 15 is 0 Å². The monoisotopic (exact) mass is 397 g/mol. The topological polar surface area (TPSA) is 64.6 Å². The molecule has 0 atom stereocenters. The molecule has 3 rings (SSSR count). The zero-order chi connectivity index (χ0) is 20.7. The van der Waals surface area contributed by atoms with Crippen molar-refractivity contribution < 1.29 is 23.5 Å². The van der Waals surface area contributed by atoms with Crippen molar-refractivity contribution in [3.63, 3.8) is 0 Å². The van der Waals surface area contributed by atoms with Crippen LogP contribution in [0.5, 0.6) is 0 Å².